The number of nitrogens with zero attached hydrogens (tertiary/aromatic N) is 2. The molecule has 0 spiro atoms. The number of rotatable bonds is 5. The first-order valence-corrected chi connectivity index (χ1v) is 7.83. The van der Waals surface area contributed by atoms with Crippen molar-refractivity contribution in [3.8, 4) is 11.3 Å². The van der Waals surface area contributed by atoms with Crippen LogP contribution in [0, 0.1) is 0 Å². The maximum atomic E-state index is 12.1. The second-order valence-corrected chi connectivity index (χ2v) is 5.74. The van der Waals surface area contributed by atoms with E-state index >= 15 is 0 Å². The number of hydrogen-bond acceptors (Lipinski definition) is 5. The fourth-order valence-corrected chi connectivity index (χ4v) is 2.60. The number of amides is 1. The minimum atomic E-state index is -0.246. The summed E-state index contributed by atoms with van der Waals surface area (Å²) >= 11 is 0. The zero-order chi connectivity index (χ0) is 16.1. The minimum absolute atomic E-state index is 0.170. The summed E-state index contributed by atoms with van der Waals surface area (Å²) in [7, 11) is 2.08. The van der Waals surface area contributed by atoms with Crippen LogP contribution in [0.1, 0.15) is 17.0 Å². The largest absolute Gasteiger partial charge is 0.375 e. The van der Waals surface area contributed by atoms with Crippen molar-refractivity contribution in [3.05, 3.63) is 42.2 Å². The Bertz CT molecular complexity index is 642. The molecule has 2 aromatic rings. The molecule has 122 valence electrons. The van der Waals surface area contributed by atoms with Gasteiger partial charge in [0.15, 0.2) is 0 Å². The first-order chi connectivity index (χ1) is 11.2. The van der Waals surface area contributed by atoms with Gasteiger partial charge in [0.05, 0.1) is 12.7 Å². The van der Waals surface area contributed by atoms with Gasteiger partial charge in [0, 0.05) is 31.3 Å². The lowest BCUT2D eigenvalue weighted by molar-refractivity contribution is -0.0226. The van der Waals surface area contributed by atoms with Gasteiger partial charge in [-0.15, -0.1) is 0 Å². The SMILES string of the molecule is CN1CCO[C@H](CCNC(=O)c2cc(-c3ccccc3)no2)C1. The van der Waals surface area contributed by atoms with Crippen LogP contribution in [0.25, 0.3) is 11.3 Å². The van der Waals surface area contributed by atoms with Gasteiger partial charge in [-0.1, -0.05) is 35.5 Å². The number of hydrogen-bond donors (Lipinski definition) is 1. The zero-order valence-electron chi connectivity index (χ0n) is 13.2. The summed E-state index contributed by atoms with van der Waals surface area (Å²) < 4.78 is 10.8. The molecular weight excluding hydrogens is 294 g/mol. The van der Waals surface area contributed by atoms with E-state index < -0.39 is 0 Å². The molecule has 1 amide bonds. The summed E-state index contributed by atoms with van der Waals surface area (Å²) in [6, 6.07) is 11.3. The van der Waals surface area contributed by atoms with Gasteiger partial charge in [-0.3, -0.25) is 4.79 Å². The molecule has 0 aliphatic carbocycles. The van der Waals surface area contributed by atoms with Gasteiger partial charge < -0.3 is 19.5 Å². The monoisotopic (exact) mass is 315 g/mol. The number of morpholine rings is 1. The van der Waals surface area contributed by atoms with Crippen LogP contribution in [0.15, 0.2) is 40.9 Å². The Morgan fingerprint density at radius 1 is 1.39 bits per heavy atom. The van der Waals surface area contributed by atoms with Crippen LogP contribution < -0.4 is 5.32 Å². The van der Waals surface area contributed by atoms with Crippen molar-refractivity contribution in [1.29, 1.82) is 0 Å². The Hall–Kier alpha value is -2.18. The van der Waals surface area contributed by atoms with E-state index in [2.05, 4.69) is 22.4 Å². The molecule has 1 fully saturated rings. The Kier molecular flexibility index (Phi) is 5.05. The fraction of sp³-hybridized carbons (Fsp3) is 0.412. The molecule has 0 bridgehead atoms. The Balaban J connectivity index is 1.50. The van der Waals surface area contributed by atoms with Gasteiger partial charge in [0.25, 0.3) is 5.91 Å². The molecule has 0 unspecified atom stereocenters. The quantitative estimate of drug-likeness (QED) is 0.911. The molecule has 1 atom stereocenters. The summed E-state index contributed by atoms with van der Waals surface area (Å²) in [5.41, 5.74) is 1.59. The highest BCUT2D eigenvalue weighted by atomic mass is 16.5. The highest BCUT2D eigenvalue weighted by molar-refractivity contribution is 5.92. The predicted molar refractivity (Wildman–Crippen MR) is 86.1 cm³/mol. The smallest absolute Gasteiger partial charge is 0.289 e. The zero-order valence-corrected chi connectivity index (χ0v) is 13.2. The van der Waals surface area contributed by atoms with E-state index in [1.54, 1.807) is 6.07 Å². The van der Waals surface area contributed by atoms with Crippen molar-refractivity contribution >= 4 is 5.91 Å². The molecule has 6 heteroatoms. The van der Waals surface area contributed by atoms with Crippen LogP contribution in [-0.2, 0) is 4.74 Å². The Morgan fingerprint density at radius 3 is 3.00 bits per heavy atom. The van der Waals surface area contributed by atoms with E-state index in [0.29, 0.717) is 12.2 Å². The normalized spacial score (nSPS) is 18.7. The first-order valence-electron chi connectivity index (χ1n) is 7.83. The van der Waals surface area contributed by atoms with Crippen LogP contribution in [0.2, 0.25) is 0 Å². The number of aromatic nitrogens is 1. The molecule has 1 N–H and O–H groups in total. The Labute approximate surface area is 135 Å². The van der Waals surface area contributed by atoms with Crippen LogP contribution in [0.4, 0.5) is 0 Å². The minimum Gasteiger partial charge on any atom is -0.375 e. The van der Waals surface area contributed by atoms with Crippen molar-refractivity contribution in [2.75, 3.05) is 33.3 Å². The lowest BCUT2D eigenvalue weighted by atomic mass is 10.1. The van der Waals surface area contributed by atoms with Crippen molar-refractivity contribution < 1.29 is 14.1 Å². The van der Waals surface area contributed by atoms with Crippen molar-refractivity contribution in [2.45, 2.75) is 12.5 Å². The van der Waals surface area contributed by atoms with E-state index in [-0.39, 0.29) is 17.8 Å². The predicted octanol–water partition coefficient (Wildman–Crippen LogP) is 1.79. The number of nitrogens with one attached hydrogen (secondary N) is 1. The number of likely N-dealkylation sites (N-methyl/N-ethyl adjacent to an activating group) is 1. The molecule has 1 aliphatic rings. The average Bonchev–Trinajstić information content (AvgIpc) is 3.06. The van der Waals surface area contributed by atoms with Crippen LogP contribution >= 0.6 is 0 Å². The van der Waals surface area contributed by atoms with Gasteiger partial charge in [0.2, 0.25) is 5.76 Å². The number of carbonyl (C=O) groups excluding carboxylic acids is 1. The van der Waals surface area contributed by atoms with Gasteiger partial charge in [-0.25, -0.2) is 0 Å². The molecule has 3 rings (SSSR count). The number of carbonyl (C=O) groups is 1. The number of benzene rings is 1. The third-order valence-corrected chi connectivity index (χ3v) is 3.90. The summed E-state index contributed by atoms with van der Waals surface area (Å²) in [6.07, 6.45) is 0.958. The van der Waals surface area contributed by atoms with E-state index in [1.807, 2.05) is 30.3 Å². The summed E-state index contributed by atoms with van der Waals surface area (Å²) in [4.78, 5) is 14.3. The third-order valence-electron chi connectivity index (χ3n) is 3.90. The lowest BCUT2D eigenvalue weighted by Crippen LogP contribution is -2.41. The van der Waals surface area contributed by atoms with Gasteiger partial charge in [-0.05, 0) is 13.5 Å². The maximum Gasteiger partial charge on any atom is 0.289 e. The molecule has 1 aromatic heterocycles. The van der Waals surface area contributed by atoms with Gasteiger partial charge in [0.1, 0.15) is 5.69 Å². The molecule has 1 aliphatic heterocycles. The molecule has 23 heavy (non-hydrogen) atoms. The highest BCUT2D eigenvalue weighted by Gasteiger charge is 2.18. The lowest BCUT2D eigenvalue weighted by Gasteiger charge is -2.29. The Morgan fingerprint density at radius 2 is 2.22 bits per heavy atom. The molecule has 0 radical (unpaired) electrons. The second kappa shape index (κ2) is 7.39. The molecule has 0 saturated carbocycles. The molecule has 1 saturated heterocycles. The van der Waals surface area contributed by atoms with E-state index in [4.69, 9.17) is 9.26 Å². The molecular formula is C17H21N3O3. The molecule has 2 heterocycles. The van der Waals surface area contributed by atoms with E-state index in [1.165, 1.54) is 0 Å². The fourth-order valence-electron chi connectivity index (χ4n) is 2.60. The number of ether oxygens (including phenoxy) is 1. The highest BCUT2D eigenvalue weighted by Crippen LogP contribution is 2.18. The van der Waals surface area contributed by atoms with E-state index in [0.717, 1.165) is 31.7 Å². The molecule has 1 aromatic carbocycles. The van der Waals surface area contributed by atoms with Gasteiger partial charge >= 0.3 is 0 Å². The maximum absolute atomic E-state index is 12.1. The first kappa shape index (κ1) is 15.7. The van der Waals surface area contributed by atoms with Crippen molar-refractivity contribution in [3.63, 3.8) is 0 Å². The summed E-state index contributed by atoms with van der Waals surface area (Å²) in [5.74, 6) is -0.0191. The topological polar surface area (TPSA) is 67.6 Å². The summed E-state index contributed by atoms with van der Waals surface area (Å²) in [6.45, 7) is 3.16. The van der Waals surface area contributed by atoms with Gasteiger partial charge in [-0.2, -0.15) is 0 Å². The van der Waals surface area contributed by atoms with Crippen LogP contribution in [-0.4, -0.2) is 55.4 Å². The third kappa shape index (κ3) is 4.18. The second-order valence-electron chi connectivity index (χ2n) is 5.74. The van der Waals surface area contributed by atoms with Crippen LogP contribution in [0.3, 0.4) is 0 Å². The van der Waals surface area contributed by atoms with Crippen molar-refractivity contribution in [1.82, 2.24) is 15.4 Å². The molecule has 6 nitrogen and oxygen atoms in total. The van der Waals surface area contributed by atoms with Crippen molar-refractivity contribution in [2.24, 2.45) is 0 Å². The standard InChI is InChI=1S/C17H21N3O3/c1-20-9-10-22-14(12-20)7-8-18-17(21)16-11-15(19-23-16)13-5-3-2-4-6-13/h2-6,11,14H,7-10,12H2,1H3,(H,18,21)/t14-/m1/s1. The van der Waals surface area contributed by atoms with E-state index in [9.17, 15) is 4.79 Å². The summed E-state index contributed by atoms with van der Waals surface area (Å²) in [5, 5.41) is 6.80. The average molecular weight is 315 g/mol. The van der Waals surface area contributed by atoms with Crippen LogP contribution in [0.5, 0.6) is 0 Å².